The van der Waals surface area contributed by atoms with Gasteiger partial charge in [-0.05, 0) is 63.5 Å². The van der Waals surface area contributed by atoms with Gasteiger partial charge in [-0.3, -0.25) is 0 Å². The van der Waals surface area contributed by atoms with Crippen molar-refractivity contribution < 1.29 is 0 Å². The highest BCUT2D eigenvalue weighted by atomic mass is 14.9. The van der Waals surface area contributed by atoms with Gasteiger partial charge in [0.25, 0.3) is 0 Å². The van der Waals surface area contributed by atoms with Crippen molar-refractivity contribution in [1.82, 2.24) is 9.88 Å². The zero-order valence-corrected chi connectivity index (χ0v) is 11.1. The van der Waals surface area contributed by atoms with Gasteiger partial charge >= 0.3 is 0 Å². The van der Waals surface area contributed by atoms with E-state index in [4.69, 9.17) is 0 Å². The monoisotopic (exact) mass is 230 g/mol. The van der Waals surface area contributed by atoms with Crippen LogP contribution in [0.3, 0.4) is 0 Å². The fourth-order valence-corrected chi connectivity index (χ4v) is 2.41. The van der Waals surface area contributed by atoms with Gasteiger partial charge < -0.3 is 9.88 Å². The number of hydrogen-bond donors (Lipinski definition) is 1. The summed E-state index contributed by atoms with van der Waals surface area (Å²) in [4.78, 5) is 0. The first-order valence-electron chi connectivity index (χ1n) is 6.49. The van der Waals surface area contributed by atoms with Gasteiger partial charge in [-0.25, -0.2) is 0 Å². The Balaban J connectivity index is 2.27. The van der Waals surface area contributed by atoms with Crippen molar-refractivity contribution in [2.45, 2.75) is 33.2 Å². The largest absolute Gasteiger partial charge is 0.347 e. The molecule has 0 aliphatic rings. The fourth-order valence-electron chi connectivity index (χ4n) is 2.41. The lowest BCUT2D eigenvalue weighted by molar-refractivity contribution is 0.725. The Bertz CT molecular complexity index is 497. The second-order valence-corrected chi connectivity index (χ2v) is 4.66. The van der Waals surface area contributed by atoms with Crippen molar-refractivity contribution >= 4 is 10.9 Å². The zero-order chi connectivity index (χ0) is 12.3. The molecule has 1 heterocycles. The molecular weight excluding hydrogens is 208 g/mol. The van der Waals surface area contributed by atoms with E-state index in [0.29, 0.717) is 0 Å². The lowest BCUT2D eigenvalue weighted by Crippen LogP contribution is -2.08. The predicted molar refractivity (Wildman–Crippen MR) is 74.6 cm³/mol. The first kappa shape index (κ1) is 12.2. The Morgan fingerprint density at radius 2 is 2.12 bits per heavy atom. The van der Waals surface area contributed by atoms with Crippen LogP contribution in [0.5, 0.6) is 0 Å². The number of hydrogen-bond acceptors (Lipinski definition) is 1. The summed E-state index contributed by atoms with van der Waals surface area (Å²) in [5.41, 5.74) is 4.20. The van der Waals surface area contributed by atoms with Crippen LogP contribution in [0.1, 0.15) is 24.5 Å². The molecular formula is C15H22N2. The van der Waals surface area contributed by atoms with Crippen LogP contribution in [0.25, 0.3) is 10.9 Å². The van der Waals surface area contributed by atoms with Crippen molar-refractivity contribution in [2.24, 2.45) is 0 Å². The first-order valence-corrected chi connectivity index (χ1v) is 6.49. The highest BCUT2D eigenvalue weighted by Gasteiger charge is 2.04. The summed E-state index contributed by atoms with van der Waals surface area (Å²) in [7, 11) is 2.01. The van der Waals surface area contributed by atoms with E-state index in [-0.39, 0.29) is 0 Å². The number of fused-ring (bicyclic) bond motifs is 1. The highest BCUT2D eigenvalue weighted by Crippen LogP contribution is 2.22. The van der Waals surface area contributed by atoms with Crippen LogP contribution >= 0.6 is 0 Å². The molecule has 92 valence electrons. The normalized spacial score (nSPS) is 11.2. The van der Waals surface area contributed by atoms with Gasteiger partial charge in [0.2, 0.25) is 0 Å². The predicted octanol–water partition coefficient (Wildman–Crippen LogP) is 3.12. The molecule has 0 aliphatic carbocycles. The van der Waals surface area contributed by atoms with Gasteiger partial charge in [0.1, 0.15) is 0 Å². The molecule has 0 unspecified atom stereocenters. The van der Waals surface area contributed by atoms with E-state index in [1.54, 1.807) is 0 Å². The van der Waals surface area contributed by atoms with E-state index >= 15 is 0 Å². The van der Waals surface area contributed by atoms with Crippen LogP contribution in [0.2, 0.25) is 0 Å². The van der Waals surface area contributed by atoms with Crippen molar-refractivity contribution in [3.8, 4) is 0 Å². The molecule has 0 aliphatic heterocycles. The number of nitrogens with one attached hydrogen (secondary N) is 1. The third kappa shape index (κ3) is 2.52. The van der Waals surface area contributed by atoms with Crippen molar-refractivity contribution in [2.75, 3.05) is 13.6 Å². The molecule has 0 radical (unpaired) electrons. The summed E-state index contributed by atoms with van der Waals surface area (Å²) < 4.78 is 2.32. The smallest absolute Gasteiger partial charge is 0.0483 e. The first-order chi connectivity index (χ1) is 8.26. The number of benzene rings is 1. The molecule has 2 rings (SSSR count). The second kappa shape index (κ2) is 5.37. The molecule has 0 fully saturated rings. The quantitative estimate of drug-likeness (QED) is 0.781. The molecule has 2 nitrogen and oxygen atoms in total. The molecule has 1 aromatic carbocycles. The maximum Gasteiger partial charge on any atom is 0.0483 e. The van der Waals surface area contributed by atoms with Crippen LogP contribution in [-0.2, 0) is 13.0 Å². The van der Waals surface area contributed by atoms with E-state index in [1.807, 2.05) is 7.05 Å². The van der Waals surface area contributed by atoms with E-state index < -0.39 is 0 Å². The number of rotatable bonds is 5. The lowest BCUT2D eigenvalue weighted by Gasteiger charge is -2.04. The number of aryl methyl sites for hydroxylation is 3. The Labute approximate surface area is 104 Å². The van der Waals surface area contributed by atoms with Crippen LogP contribution in [-0.4, -0.2) is 18.2 Å². The van der Waals surface area contributed by atoms with Crippen LogP contribution < -0.4 is 5.32 Å². The topological polar surface area (TPSA) is 17.0 Å². The van der Waals surface area contributed by atoms with Gasteiger partial charge in [0.05, 0.1) is 0 Å². The summed E-state index contributed by atoms with van der Waals surface area (Å²) >= 11 is 0. The van der Waals surface area contributed by atoms with Gasteiger partial charge in [-0.2, -0.15) is 0 Å². The number of aromatic nitrogens is 1. The molecule has 2 aromatic rings. The van der Waals surface area contributed by atoms with E-state index in [0.717, 1.165) is 19.5 Å². The Morgan fingerprint density at radius 3 is 2.82 bits per heavy atom. The second-order valence-electron chi connectivity index (χ2n) is 4.66. The van der Waals surface area contributed by atoms with Gasteiger partial charge in [0.15, 0.2) is 0 Å². The van der Waals surface area contributed by atoms with E-state index in [9.17, 15) is 0 Å². The summed E-state index contributed by atoms with van der Waals surface area (Å²) in [5, 5.41) is 4.61. The third-order valence-corrected chi connectivity index (χ3v) is 3.38. The molecule has 0 amide bonds. The Morgan fingerprint density at radius 1 is 1.29 bits per heavy atom. The van der Waals surface area contributed by atoms with Crippen molar-refractivity contribution in [1.29, 1.82) is 0 Å². The molecule has 17 heavy (non-hydrogen) atoms. The average Bonchev–Trinajstić information content (AvgIpc) is 2.66. The molecule has 0 saturated heterocycles. The van der Waals surface area contributed by atoms with Crippen molar-refractivity contribution in [3.63, 3.8) is 0 Å². The summed E-state index contributed by atoms with van der Waals surface area (Å²) in [6, 6.07) is 6.89. The fraction of sp³-hybridized carbons (Fsp3) is 0.467. The maximum absolute atomic E-state index is 3.20. The molecule has 2 heteroatoms. The van der Waals surface area contributed by atoms with Gasteiger partial charge in [-0.15, -0.1) is 0 Å². The van der Waals surface area contributed by atoms with Crippen LogP contribution in [0, 0.1) is 6.92 Å². The maximum atomic E-state index is 3.20. The lowest BCUT2D eigenvalue weighted by atomic mass is 10.1. The van der Waals surface area contributed by atoms with E-state index in [1.165, 1.54) is 28.5 Å². The average molecular weight is 230 g/mol. The van der Waals surface area contributed by atoms with Crippen LogP contribution in [0.4, 0.5) is 0 Å². The SMILES string of the molecule is CCn1cc(C)c2cc(CCCNC)ccc21. The molecule has 1 N–H and O–H groups in total. The standard InChI is InChI=1S/C15H22N2/c1-4-17-11-12(2)14-10-13(6-5-9-16-3)7-8-15(14)17/h7-8,10-11,16H,4-6,9H2,1-3H3. The molecule has 0 atom stereocenters. The van der Waals surface area contributed by atoms with Crippen LogP contribution in [0.15, 0.2) is 24.4 Å². The Hall–Kier alpha value is -1.28. The van der Waals surface area contributed by atoms with Crippen molar-refractivity contribution in [3.05, 3.63) is 35.5 Å². The highest BCUT2D eigenvalue weighted by molar-refractivity contribution is 5.84. The summed E-state index contributed by atoms with van der Waals surface area (Å²) in [6.07, 6.45) is 4.62. The minimum absolute atomic E-state index is 1.05. The zero-order valence-electron chi connectivity index (χ0n) is 11.1. The molecule has 0 bridgehead atoms. The van der Waals surface area contributed by atoms with E-state index in [2.05, 4.69) is 48.1 Å². The molecule has 1 aromatic heterocycles. The summed E-state index contributed by atoms with van der Waals surface area (Å²) in [5.74, 6) is 0. The molecule has 0 spiro atoms. The third-order valence-electron chi connectivity index (χ3n) is 3.38. The van der Waals surface area contributed by atoms with Gasteiger partial charge in [-0.1, -0.05) is 6.07 Å². The summed E-state index contributed by atoms with van der Waals surface area (Å²) in [6.45, 7) is 6.53. The minimum Gasteiger partial charge on any atom is -0.347 e. The minimum atomic E-state index is 1.05. The van der Waals surface area contributed by atoms with Gasteiger partial charge in [0, 0.05) is 23.6 Å². The Kier molecular flexibility index (Phi) is 3.85. The number of nitrogens with zero attached hydrogens (tertiary/aromatic N) is 1. The molecule has 0 saturated carbocycles.